The quantitative estimate of drug-likeness (QED) is 0.328. The Labute approximate surface area is 183 Å². The number of hydrogen-bond acceptors (Lipinski definition) is 6. The minimum Gasteiger partial charge on any atom is -0.383 e. The highest BCUT2D eigenvalue weighted by atomic mass is 19.2. The van der Waals surface area contributed by atoms with Crippen molar-refractivity contribution < 1.29 is 17.6 Å². The molecule has 4 aromatic heterocycles. The van der Waals surface area contributed by atoms with E-state index < -0.39 is 35.3 Å². The van der Waals surface area contributed by atoms with E-state index in [-0.39, 0.29) is 23.2 Å². The minimum absolute atomic E-state index is 0.0607. The molecule has 0 aliphatic rings. The van der Waals surface area contributed by atoms with Gasteiger partial charge in [0.2, 0.25) is 0 Å². The van der Waals surface area contributed by atoms with Gasteiger partial charge in [-0.25, -0.2) is 42.5 Å². The molecule has 33 heavy (non-hydrogen) atoms. The predicted octanol–water partition coefficient (Wildman–Crippen LogP) is 3.98. The van der Waals surface area contributed by atoms with Crippen LogP contribution in [0.2, 0.25) is 0 Å². The van der Waals surface area contributed by atoms with E-state index >= 15 is 0 Å². The number of fused-ring (bicyclic) bond motifs is 1. The van der Waals surface area contributed by atoms with E-state index in [4.69, 9.17) is 5.73 Å². The third-order valence-electron chi connectivity index (χ3n) is 5.05. The third-order valence-corrected chi connectivity index (χ3v) is 5.05. The van der Waals surface area contributed by atoms with Gasteiger partial charge in [-0.1, -0.05) is 0 Å². The molecule has 11 heteroatoms. The first-order chi connectivity index (χ1) is 15.9. The van der Waals surface area contributed by atoms with Crippen LogP contribution in [0.25, 0.3) is 28.2 Å². The molecule has 0 atom stereocenters. The van der Waals surface area contributed by atoms with Gasteiger partial charge in [0.05, 0.1) is 5.52 Å². The maximum Gasteiger partial charge on any atom is 0.182 e. The van der Waals surface area contributed by atoms with Gasteiger partial charge in [0.15, 0.2) is 17.5 Å². The largest absolute Gasteiger partial charge is 0.383 e. The average molecular weight is 451 g/mol. The van der Waals surface area contributed by atoms with Gasteiger partial charge in [-0.15, -0.1) is 0 Å². The summed E-state index contributed by atoms with van der Waals surface area (Å²) in [5, 5.41) is 0. The Hall–Kier alpha value is -4.41. The van der Waals surface area contributed by atoms with Crippen molar-refractivity contribution >= 4 is 11.3 Å². The molecule has 5 aromatic rings. The Morgan fingerprint density at radius 2 is 1.64 bits per heavy atom. The number of anilines is 1. The van der Waals surface area contributed by atoms with Crippen LogP contribution in [-0.4, -0.2) is 29.3 Å². The SMILES string of the molecule is Nc1nc(-c2nc(Cc3c(F)ccc(F)c3F)n3cc(F)ccc23)ncc1-c1cncnc1. The molecule has 5 rings (SSSR count). The summed E-state index contributed by atoms with van der Waals surface area (Å²) in [7, 11) is 0. The molecule has 1 aromatic carbocycles. The molecule has 0 amide bonds. The summed E-state index contributed by atoms with van der Waals surface area (Å²) in [6.07, 6.45) is 6.62. The smallest absolute Gasteiger partial charge is 0.182 e. The fourth-order valence-corrected chi connectivity index (χ4v) is 3.47. The monoisotopic (exact) mass is 451 g/mol. The standard InChI is InChI=1S/C22H13F4N7/c23-12-1-4-17-20(22-30-8-14(21(27)32-22)11-6-28-10-29-7-11)31-18(33(17)9-12)5-13-15(24)2-3-16(25)19(13)26/h1-4,6-10H,5H2,(H2,27,30,32). The highest BCUT2D eigenvalue weighted by Gasteiger charge is 2.21. The molecule has 164 valence electrons. The number of benzene rings is 1. The second-order valence-electron chi connectivity index (χ2n) is 7.10. The topological polar surface area (TPSA) is 94.9 Å². The molecule has 2 N–H and O–H groups in total. The van der Waals surface area contributed by atoms with Crippen molar-refractivity contribution in [2.75, 3.05) is 5.73 Å². The number of rotatable bonds is 4. The highest BCUT2D eigenvalue weighted by Crippen LogP contribution is 2.29. The molecule has 0 fully saturated rings. The Morgan fingerprint density at radius 1 is 0.879 bits per heavy atom. The van der Waals surface area contributed by atoms with Crippen molar-refractivity contribution in [2.24, 2.45) is 0 Å². The van der Waals surface area contributed by atoms with Crippen LogP contribution >= 0.6 is 0 Å². The lowest BCUT2D eigenvalue weighted by atomic mass is 10.1. The Balaban J connectivity index is 1.64. The summed E-state index contributed by atoms with van der Waals surface area (Å²) in [6, 6.07) is 4.14. The highest BCUT2D eigenvalue weighted by molar-refractivity contribution is 5.77. The fourth-order valence-electron chi connectivity index (χ4n) is 3.47. The molecule has 7 nitrogen and oxygen atoms in total. The van der Waals surface area contributed by atoms with Crippen molar-refractivity contribution in [2.45, 2.75) is 6.42 Å². The molecule has 0 spiro atoms. The first kappa shape index (κ1) is 20.5. The van der Waals surface area contributed by atoms with Crippen molar-refractivity contribution in [3.05, 3.63) is 90.0 Å². The Bertz CT molecular complexity index is 1500. The maximum atomic E-state index is 14.2. The Kier molecular flexibility index (Phi) is 4.93. The lowest BCUT2D eigenvalue weighted by Gasteiger charge is -2.05. The van der Waals surface area contributed by atoms with Crippen molar-refractivity contribution in [3.63, 3.8) is 0 Å². The molecule has 0 saturated carbocycles. The predicted molar refractivity (Wildman–Crippen MR) is 111 cm³/mol. The lowest BCUT2D eigenvalue weighted by Crippen LogP contribution is -2.04. The van der Waals surface area contributed by atoms with Gasteiger partial charge < -0.3 is 5.73 Å². The van der Waals surface area contributed by atoms with Crippen molar-refractivity contribution in [1.82, 2.24) is 29.3 Å². The summed E-state index contributed by atoms with van der Waals surface area (Å²) in [6.45, 7) is 0. The number of imidazole rings is 1. The number of halogens is 4. The zero-order chi connectivity index (χ0) is 23.1. The fraction of sp³-hybridized carbons (Fsp3) is 0.0455. The first-order valence-corrected chi connectivity index (χ1v) is 9.59. The number of pyridine rings is 1. The van der Waals surface area contributed by atoms with E-state index in [2.05, 4.69) is 24.9 Å². The van der Waals surface area contributed by atoms with Crippen LogP contribution in [-0.2, 0) is 6.42 Å². The van der Waals surface area contributed by atoms with Crippen LogP contribution < -0.4 is 5.73 Å². The van der Waals surface area contributed by atoms with E-state index in [0.717, 1.165) is 12.3 Å². The van der Waals surface area contributed by atoms with E-state index in [1.54, 1.807) is 12.4 Å². The molecule has 0 aliphatic carbocycles. The van der Waals surface area contributed by atoms with Crippen LogP contribution in [0, 0.1) is 23.3 Å². The van der Waals surface area contributed by atoms with E-state index in [9.17, 15) is 17.6 Å². The van der Waals surface area contributed by atoms with Gasteiger partial charge in [0.25, 0.3) is 0 Å². The first-order valence-electron chi connectivity index (χ1n) is 9.59. The van der Waals surface area contributed by atoms with Gasteiger partial charge in [-0.05, 0) is 24.3 Å². The second kappa shape index (κ2) is 7.93. The summed E-state index contributed by atoms with van der Waals surface area (Å²) in [5.74, 6) is -3.78. The van der Waals surface area contributed by atoms with Crippen LogP contribution in [0.5, 0.6) is 0 Å². The number of nitrogens with zero attached hydrogens (tertiary/aromatic N) is 6. The molecular formula is C22H13F4N7. The van der Waals surface area contributed by atoms with Gasteiger partial charge >= 0.3 is 0 Å². The molecule has 0 radical (unpaired) electrons. The molecule has 0 aliphatic heterocycles. The van der Waals surface area contributed by atoms with Crippen LogP contribution in [0.15, 0.2) is 55.4 Å². The number of nitrogens with two attached hydrogens (primary N) is 1. The zero-order valence-electron chi connectivity index (χ0n) is 16.7. The Morgan fingerprint density at radius 3 is 2.39 bits per heavy atom. The van der Waals surface area contributed by atoms with Gasteiger partial charge in [0.1, 0.15) is 35.3 Å². The zero-order valence-corrected chi connectivity index (χ0v) is 16.7. The minimum atomic E-state index is -1.33. The van der Waals surface area contributed by atoms with Crippen LogP contribution in [0.4, 0.5) is 23.4 Å². The normalized spacial score (nSPS) is 11.3. The number of nitrogen functional groups attached to an aromatic ring is 1. The van der Waals surface area contributed by atoms with Crippen LogP contribution in [0.1, 0.15) is 11.4 Å². The molecule has 0 unspecified atom stereocenters. The molecule has 0 bridgehead atoms. The molecular weight excluding hydrogens is 438 g/mol. The van der Waals surface area contributed by atoms with E-state index in [1.807, 2.05) is 0 Å². The summed E-state index contributed by atoms with van der Waals surface area (Å²) in [5.41, 5.74) is 7.27. The summed E-state index contributed by atoms with van der Waals surface area (Å²) >= 11 is 0. The van der Waals surface area contributed by atoms with Gasteiger partial charge in [0, 0.05) is 47.9 Å². The molecule has 0 saturated heterocycles. The third kappa shape index (κ3) is 3.63. The summed E-state index contributed by atoms with van der Waals surface area (Å²) in [4.78, 5) is 20.9. The number of aromatic nitrogens is 6. The summed E-state index contributed by atoms with van der Waals surface area (Å²) < 4.78 is 57.4. The average Bonchev–Trinajstić information content (AvgIpc) is 3.17. The maximum absolute atomic E-state index is 14.2. The molecule has 4 heterocycles. The van der Waals surface area contributed by atoms with E-state index in [1.165, 1.54) is 29.1 Å². The second-order valence-corrected chi connectivity index (χ2v) is 7.10. The van der Waals surface area contributed by atoms with E-state index in [0.29, 0.717) is 22.7 Å². The van der Waals surface area contributed by atoms with Crippen molar-refractivity contribution in [1.29, 1.82) is 0 Å². The lowest BCUT2D eigenvalue weighted by molar-refractivity contribution is 0.481. The van der Waals surface area contributed by atoms with Gasteiger partial charge in [-0.2, -0.15) is 0 Å². The van der Waals surface area contributed by atoms with Crippen molar-refractivity contribution in [3.8, 4) is 22.6 Å². The van der Waals surface area contributed by atoms with Crippen LogP contribution in [0.3, 0.4) is 0 Å². The van der Waals surface area contributed by atoms with Gasteiger partial charge in [-0.3, -0.25) is 4.40 Å². The number of hydrogen-bond donors (Lipinski definition) is 1.